The van der Waals surface area contributed by atoms with E-state index in [9.17, 15) is 5.11 Å². The molecule has 0 amide bonds. The van der Waals surface area contributed by atoms with Crippen molar-refractivity contribution in [3.05, 3.63) is 54.6 Å². The number of rotatable bonds is 2. The topological polar surface area (TPSA) is 29.5 Å². The summed E-state index contributed by atoms with van der Waals surface area (Å²) in [5.41, 5.74) is 0. The first-order valence-electron chi connectivity index (χ1n) is 5.75. The molecule has 98 valence electrons. The number of phenolic OH excluding ortho intramolecular Hbond substituents is 1. The standard InChI is InChI=1S/C12H10O2.C2H6.CH3Cl/c13-11-8-4-5-9-12(11)14-10-6-2-1-3-7-10;2*1-2/h1-9,13H;1-2H3;1H3. The lowest BCUT2D eigenvalue weighted by molar-refractivity contribution is 0.411. The molecule has 1 N–H and O–H groups in total. The van der Waals surface area contributed by atoms with Gasteiger partial charge in [0.25, 0.3) is 0 Å². The van der Waals surface area contributed by atoms with Gasteiger partial charge in [0.2, 0.25) is 0 Å². The van der Waals surface area contributed by atoms with Crippen molar-refractivity contribution in [3.63, 3.8) is 0 Å². The summed E-state index contributed by atoms with van der Waals surface area (Å²) in [4.78, 5) is 0. The van der Waals surface area contributed by atoms with Crippen LogP contribution in [0.2, 0.25) is 0 Å². The van der Waals surface area contributed by atoms with E-state index in [2.05, 4.69) is 11.6 Å². The first kappa shape index (κ1) is 16.3. The van der Waals surface area contributed by atoms with Crippen LogP contribution in [0.15, 0.2) is 54.6 Å². The molecule has 0 heterocycles. The Morgan fingerprint density at radius 2 is 1.33 bits per heavy atom. The Labute approximate surface area is 114 Å². The van der Waals surface area contributed by atoms with E-state index in [1.807, 2.05) is 50.2 Å². The van der Waals surface area contributed by atoms with Crippen molar-refractivity contribution in [3.8, 4) is 17.2 Å². The average molecular weight is 267 g/mol. The van der Waals surface area contributed by atoms with Gasteiger partial charge in [-0.05, 0) is 24.3 Å². The molecule has 0 saturated carbocycles. The Morgan fingerprint density at radius 3 is 1.89 bits per heavy atom. The van der Waals surface area contributed by atoms with E-state index in [0.29, 0.717) is 11.5 Å². The quantitative estimate of drug-likeness (QED) is 0.770. The highest BCUT2D eigenvalue weighted by Crippen LogP contribution is 2.29. The van der Waals surface area contributed by atoms with Crippen LogP contribution in [-0.4, -0.2) is 11.5 Å². The number of ether oxygens (including phenoxy) is 1. The molecular formula is C15H19ClO2. The van der Waals surface area contributed by atoms with Crippen LogP contribution in [0.25, 0.3) is 0 Å². The molecule has 0 spiro atoms. The van der Waals surface area contributed by atoms with Gasteiger partial charge in [-0.2, -0.15) is 0 Å². The smallest absolute Gasteiger partial charge is 0.169 e. The van der Waals surface area contributed by atoms with Crippen molar-refractivity contribution in [2.24, 2.45) is 0 Å². The molecule has 3 heteroatoms. The number of para-hydroxylation sites is 3. The normalized spacial score (nSPS) is 8.22. The first-order valence-corrected chi connectivity index (χ1v) is 6.50. The van der Waals surface area contributed by atoms with Gasteiger partial charge in [-0.3, -0.25) is 0 Å². The fourth-order valence-corrected chi connectivity index (χ4v) is 1.16. The molecule has 2 rings (SSSR count). The molecule has 0 radical (unpaired) electrons. The maximum absolute atomic E-state index is 9.45. The molecular weight excluding hydrogens is 248 g/mol. The zero-order valence-corrected chi connectivity index (χ0v) is 11.7. The lowest BCUT2D eigenvalue weighted by Crippen LogP contribution is -1.83. The summed E-state index contributed by atoms with van der Waals surface area (Å²) in [6.07, 6.45) is 1.47. The highest BCUT2D eigenvalue weighted by Gasteiger charge is 2.00. The van der Waals surface area contributed by atoms with Gasteiger partial charge in [0, 0.05) is 6.38 Å². The molecule has 2 nitrogen and oxygen atoms in total. The molecule has 2 aromatic carbocycles. The highest BCUT2D eigenvalue weighted by molar-refractivity contribution is 6.15. The number of hydrogen-bond donors (Lipinski definition) is 1. The van der Waals surface area contributed by atoms with Gasteiger partial charge in [-0.15, -0.1) is 11.6 Å². The summed E-state index contributed by atoms with van der Waals surface area (Å²) in [6, 6.07) is 16.3. The monoisotopic (exact) mass is 266 g/mol. The number of halogens is 1. The molecule has 0 aromatic heterocycles. The number of alkyl halides is 1. The third-order valence-corrected chi connectivity index (χ3v) is 1.84. The van der Waals surface area contributed by atoms with Gasteiger partial charge in [-0.25, -0.2) is 0 Å². The summed E-state index contributed by atoms with van der Waals surface area (Å²) < 4.78 is 5.46. The molecule has 0 unspecified atom stereocenters. The van der Waals surface area contributed by atoms with Crippen molar-refractivity contribution < 1.29 is 9.84 Å². The van der Waals surface area contributed by atoms with Crippen LogP contribution >= 0.6 is 11.6 Å². The first-order chi connectivity index (χ1) is 8.86. The van der Waals surface area contributed by atoms with Gasteiger partial charge >= 0.3 is 0 Å². The van der Waals surface area contributed by atoms with E-state index in [1.54, 1.807) is 18.2 Å². The molecule has 0 saturated heterocycles. The predicted molar refractivity (Wildman–Crippen MR) is 77.7 cm³/mol. The second kappa shape index (κ2) is 10.5. The van der Waals surface area contributed by atoms with Crippen molar-refractivity contribution >= 4 is 11.6 Å². The maximum Gasteiger partial charge on any atom is 0.169 e. The molecule has 2 aromatic rings. The van der Waals surface area contributed by atoms with E-state index in [4.69, 9.17) is 4.74 Å². The average Bonchev–Trinajstić information content (AvgIpc) is 2.47. The van der Waals surface area contributed by atoms with Crippen molar-refractivity contribution in [2.45, 2.75) is 13.8 Å². The molecule has 0 aliphatic heterocycles. The van der Waals surface area contributed by atoms with Crippen LogP contribution < -0.4 is 4.74 Å². The minimum atomic E-state index is 0.149. The highest BCUT2D eigenvalue weighted by atomic mass is 35.5. The number of hydrogen-bond acceptors (Lipinski definition) is 2. The van der Waals surface area contributed by atoms with E-state index in [1.165, 1.54) is 6.38 Å². The Balaban J connectivity index is 0.000000659. The van der Waals surface area contributed by atoms with Gasteiger partial charge in [0.05, 0.1) is 0 Å². The summed E-state index contributed by atoms with van der Waals surface area (Å²) in [5.74, 6) is 1.34. The van der Waals surface area contributed by atoms with E-state index < -0.39 is 0 Å². The third kappa shape index (κ3) is 5.60. The zero-order valence-electron chi connectivity index (χ0n) is 10.9. The van der Waals surface area contributed by atoms with Gasteiger partial charge in [0.15, 0.2) is 11.5 Å². The van der Waals surface area contributed by atoms with Crippen LogP contribution in [-0.2, 0) is 0 Å². The zero-order chi connectivity index (χ0) is 13.8. The Kier molecular flexibility index (Phi) is 9.51. The lowest BCUT2D eigenvalue weighted by atomic mass is 10.3. The number of aromatic hydroxyl groups is 1. The van der Waals surface area contributed by atoms with Crippen LogP contribution in [0.1, 0.15) is 13.8 Å². The number of benzene rings is 2. The van der Waals surface area contributed by atoms with E-state index in [-0.39, 0.29) is 5.75 Å². The minimum Gasteiger partial charge on any atom is -0.504 e. The van der Waals surface area contributed by atoms with Crippen LogP contribution in [0.5, 0.6) is 17.2 Å². The third-order valence-electron chi connectivity index (χ3n) is 1.84. The molecule has 0 atom stereocenters. The summed E-state index contributed by atoms with van der Waals surface area (Å²) in [7, 11) is 0. The van der Waals surface area contributed by atoms with Gasteiger partial charge < -0.3 is 9.84 Å². The fraction of sp³-hybridized carbons (Fsp3) is 0.200. The second-order valence-electron chi connectivity index (χ2n) is 2.88. The van der Waals surface area contributed by atoms with Crippen molar-refractivity contribution in [1.82, 2.24) is 0 Å². The summed E-state index contributed by atoms with van der Waals surface area (Å²) in [6.45, 7) is 4.00. The molecule has 0 bridgehead atoms. The van der Waals surface area contributed by atoms with Crippen LogP contribution in [0, 0.1) is 0 Å². The van der Waals surface area contributed by atoms with Gasteiger partial charge in [-0.1, -0.05) is 44.2 Å². The minimum absolute atomic E-state index is 0.149. The molecule has 0 fully saturated rings. The molecule has 18 heavy (non-hydrogen) atoms. The van der Waals surface area contributed by atoms with Crippen molar-refractivity contribution in [2.75, 3.05) is 6.38 Å². The van der Waals surface area contributed by atoms with Crippen LogP contribution in [0.3, 0.4) is 0 Å². The van der Waals surface area contributed by atoms with Crippen LogP contribution in [0.4, 0.5) is 0 Å². The Morgan fingerprint density at radius 1 is 0.833 bits per heavy atom. The SMILES string of the molecule is CC.CCl.Oc1ccccc1Oc1ccccc1. The Hall–Kier alpha value is -1.67. The Bertz CT molecular complexity index is 416. The number of phenols is 1. The summed E-state index contributed by atoms with van der Waals surface area (Å²) >= 11 is 4.64. The summed E-state index contributed by atoms with van der Waals surface area (Å²) in [5, 5.41) is 9.45. The lowest BCUT2D eigenvalue weighted by Gasteiger charge is -2.06. The van der Waals surface area contributed by atoms with Gasteiger partial charge in [0.1, 0.15) is 5.75 Å². The molecule has 0 aliphatic rings. The largest absolute Gasteiger partial charge is 0.504 e. The molecule has 0 aliphatic carbocycles. The maximum atomic E-state index is 9.45. The second-order valence-corrected chi connectivity index (χ2v) is 2.88. The van der Waals surface area contributed by atoms with E-state index >= 15 is 0 Å². The predicted octanol–water partition coefficient (Wildman–Crippen LogP) is 5.07. The van der Waals surface area contributed by atoms with E-state index in [0.717, 1.165) is 0 Å². The van der Waals surface area contributed by atoms with Crippen molar-refractivity contribution in [1.29, 1.82) is 0 Å². The fourth-order valence-electron chi connectivity index (χ4n) is 1.16.